The van der Waals surface area contributed by atoms with Gasteiger partial charge in [0.05, 0.1) is 0 Å². The first kappa shape index (κ1) is 13.2. The van der Waals surface area contributed by atoms with E-state index < -0.39 is 0 Å². The average molecular weight is 257 g/mol. The van der Waals surface area contributed by atoms with Crippen molar-refractivity contribution < 1.29 is 0 Å². The smallest absolute Gasteiger partial charge is 0.0183 e. The number of nitrogens with one attached hydrogen (secondary N) is 1. The Morgan fingerprint density at radius 3 is 2.21 bits per heavy atom. The minimum Gasteiger partial charge on any atom is -0.310 e. The van der Waals surface area contributed by atoms with E-state index in [2.05, 4.69) is 64.2 Å². The molecule has 2 aliphatic carbocycles. The van der Waals surface area contributed by atoms with E-state index in [1.807, 2.05) is 0 Å². The molecule has 0 saturated heterocycles. The van der Waals surface area contributed by atoms with Crippen molar-refractivity contribution in [1.82, 2.24) is 5.32 Å². The zero-order valence-corrected chi connectivity index (χ0v) is 13.0. The maximum atomic E-state index is 3.89. The molecule has 1 aromatic carbocycles. The first-order valence-electron chi connectivity index (χ1n) is 7.65. The van der Waals surface area contributed by atoms with Gasteiger partial charge in [0.15, 0.2) is 0 Å². The van der Waals surface area contributed by atoms with Gasteiger partial charge in [0, 0.05) is 12.1 Å². The standard InChI is InChI=1S/C18H27N/c1-12-7-6-8-13(9-12)14-10-15(11-14)19-16-17(2,3)18(16,4)5/h6-9,14-16,19H,10-11H2,1-5H3. The van der Waals surface area contributed by atoms with Gasteiger partial charge in [-0.25, -0.2) is 0 Å². The monoisotopic (exact) mass is 257 g/mol. The summed E-state index contributed by atoms with van der Waals surface area (Å²) in [5, 5.41) is 3.89. The second kappa shape index (κ2) is 4.09. The van der Waals surface area contributed by atoms with Crippen LogP contribution in [0.1, 0.15) is 57.6 Å². The van der Waals surface area contributed by atoms with Gasteiger partial charge in [0.25, 0.3) is 0 Å². The Hall–Kier alpha value is -0.820. The number of aryl methyl sites for hydroxylation is 1. The van der Waals surface area contributed by atoms with Crippen LogP contribution in [-0.4, -0.2) is 12.1 Å². The molecule has 2 aliphatic rings. The van der Waals surface area contributed by atoms with Crippen LogP contribution in [0.5, 0.6) is 0 Å². The van der Waals surface area contributed by atoms with Crippen LogP contribution in [0.25, 0.3) is 0 Å². The van der Waals surface area contributed by atoms with Crippen LogP contribution in [0.4, 0.5) is 0 Å². The summed E-state index contributed by atoms with van der Waals surface area (Å²) < 4.78 is 0. The summed E-state index contributed by atoms with van der Waals surface area (Å²) in [4.78, 5) is 0. The van der Waals surface area contributed by atoms with Gasteiger partial charge < -0.3 is 5.32 Å². The van der Waals surface area contributed by atoms with Crippen LogP contribution < -0.4 is 5.32 Å². The SMILES string of the molecule is Cc1cccc(C2CC(NC3C(C)(C)C3(C)C)C2)c1. The molecule has 1 N–H and O–H groups in total. The van der Waals surface area contributed by atoms with Crippen molar-refractivity contribution in [2.75, 3.05) is 0 Å². The van der Waals surface area contributed by atoms with Gasteiger partial charge in [-0.2, -0.15) is 0 Å². The summed E-state index contributed by atoms with van der Waals surface area (Å²) in [5.74, 6) is 0.780. The minimum atomic E-state index is 0.460. The van der Waals surface area contributed by atoms with E-state index >= 15 is 0 Å². The summed E-state index contributed by atoms with van der Waals surface area (Å²) in [5.41, 5.74) is 3.84. The van der Waals surface area contributed by atoms with Gasteiger partial charge in [0.1, 0.15) is 0 Å². The molecule has 0 radical (unpaired) electrons. The van der Waals surface area contributed by atoms with Crippen LogP contribution in [0.2, 0.25) is 0 Å². The van der Waals surface area contributed by atoms with Crippen LogP contribution >= 0.6 is 0 Å². The molecule has 2 fully saturated rings. The van der Waals surface area contributed by atoms with E-state index in [-0.39, 0.29) is 0 Å². The second-order valence-electron chi connectivity index (χ2n) is 7.82. The summed E-state index contributed by atoms with van der Waals surface area (Å²) in [6, 6.07) is 10.5. The topological polar surface area (TPSA) is 12.0 Å². The Balaban J connectivity index is 1.54. The molecule has 0 heterocycles. The van der Waals surface area contributed by atoms with Crippen LogP contribution in [0.15, 0.2) is 24.3 Å². The first-order chi connectivity index (χ1) is 8.82. The Labute approximate surface area is 117 Å². The van der Waals surface area contributed by atoms with Crippen molar-refractivity contribution in [3.63, 3.8) is 0 Å². The Morgan fingerprint density at radius 1 is 1.05 bits per heavy atom. The maximum absolute atomic E-state index is 3.89. The highest BCUT2D eigenvalue weighted by Gasteiger charge is 2.65. The minimum absolute atomic E-state index is 0.460. The second-order valence-corrected chi connectivity index (χ2v) is 7.82. The van der Waals surface area contributed by atoms with E-state index in [0.29, 0.717) is 16.9 Å². The highest BCUT2D eigenvalue weighted by molar-refractivity contribution is 5.28. The molecule has 1 aromatic rings. The Morgan fingerprint density at radius 2 is 1.68 bits per heavy atom. The molecule has 19 heavy (non-hydrogen) atoms. The molecule has 0 spiro atoms. The lowest BCUT2D eigenvalue weighted by molar-refractivity contribution is 0.275. The first-order valence-corrected chi connectivity index (χ1v) is 7.65. The van der Waals surface area contributed by atoms with Crippen molar-refractivity contribution >= 4 is 0 Å². The summed E-state index contributed by atoms with van der Waals surface area (Å²) in [6.45, 7) is 11.7. The van der Waals surface area contributed by atoms with Crippen LogP contribution in [0.3, 0.4) is 0 Å². The highest BCUT2D eigenvalue weighted by Crippen LogP contribution is 2.63. The fourth-order valence-corrected chi connectivity index (χ4v) is 3.80. The van der Waals surface area contributed by atoms with E-state index in [1.165, 1.54) is 24.0 Å². The van der Waals surface area contributed by atoms with Gasteiger partial charge in [-0.05, 0) is 42.1 Å². The highest BCUT2D eigenvalue weighted by atomic mass is 15.1. The quantitative estimate of drug-likeness (QED) is 0.853. The van der Waals surface area contributed by atoms with Crippen molar-refractivity contribution in [2.24, 2.45) is 10.8 Å². The van der Waals surface area contributed by atoms with Gasteiger partial charge in [-0.15, -0.1) is 0 Å². The fraction of sp³-hybridized carbons (Fsp3) is 0.667. The normalized spacial score (nSPS) is 31.8. The van der Waals surface area contributed by atoms with Gasteiger partial charge >= 0.3 is 0 Å². The molecule has 0 aromatic heterocycles. The third-order valence-electron chi connectivity index (χ3n) is 6.07. The Bertz CT molecular complexity index is 466. The molecule has 0 bridgehead atoms. The molecule has 0 atom stereocenters. The molecule has 3 rings (SSSR count). The fourth-order valence-electron chi connectivity index (χ4n) is 3.80. The van der Waals surface area contributed by atoms with Gasteiger partial charge in [-0.3, -0.25) is 0 Å². The van der Waals surface area contributed by atoms with Crippen molar-refractivity contribution in [3.05, 3.63) is 35.4 Å². The number of hydrogen-bond donors (Lipinski definition) is 1. The lowest BCUT2D eigenvalue weighted by Crippen LogP contribution is -2.43. The molecular weight excluding hydrogens is 230 g/mol. The zero-order valence-electron chi connectivity index (χ0n) is 13.0. The van der Waals surface area contributed by atoms with Crippen molar-refractivity contribution in [3.8, 4) is 0 Å². The van der Waals surface area contributed by atoms with Crippen LogP contribution in [-0.2, 0) is 0 Å². The van der Waals surface area contributed by atoms with E-state index in [9.17, 15) is 0 Å². The lowest BCUT2D eigenvalue weighted by atomic mass is 9.75. The molecule has 0 amide bonds. The third kappa shape index (κ3) is 2.03. The van der Waals surface area contributed by atoms with E-state index in [1.54, 1.807) is 0 Å². The predicted octanol–water partition coefficient (Wildman–Crippen LogP) is 4.27. The molecular formula is C18H27N. The van der Waals surface area contributed by atoms with E-state index in [0.717, 1.165) is 12.0 Å². The summed E-state index contributed by atoms with van der Waals surface area (Å²) in [6.07, 6.45) is 2.62. The third-order valence-corrected chi connectivity index (χ3v) is 6.07. The predicted molar refractivity (Wildman–Crippen MR) is 81.4 cm³/mol. The molecule has 0 unspecified atom stereocenters. The van der Waals surface area contributed by atoms with Gasteiger partial charge in [0.2, 0.25) is 0 Å². The zero-order chi connectivity index (χ0) is 13.8. The summed E-state index contributed by atoms with van der Waals surface area (Å²) >= 11 is 0. The van der Waals surface area contributed by atoms with E-state index in [4.69, 9.17) is 0 Å². The lowest BCUT2D eigenvalue weighted by Gasteiger charge is -2.37. The van der Waals surface area contributed by atoms with Gasteiger partial charge in [-0.1, -0.05) is 57.5 Å². The van der Waals surface area contributed by atoms with Crippen LogP contribution in [0, 0.1) is 17.8 Å². The molecule has 104 valence electrons. The molecule has 0 aliphatic heterocycles. The largest absolute Gasteiger partial charge is 0.310 e. The molecule has 1 nitrogen and oxygen atoms in total. The molecule has 2 saturated carbocycles. The van der Waals surface area contributed by atoms with Crippen molar-refractivity contribution in [2.45, 2.75) is 65.5 Å². The van der Waals surface area contributed by atoms with Crippen molar-refractivity contribution in [1.29, 1.82) is 0 Å². The molecule has 1 heteroatoms. The summed E-state index contributed by atoms with van der Waals surface area (Å²) in [7, 11) is 0. The number of hydrogen-bond acceptors (Lipinski definition) is 1. The maximum Gasteiger partial charge on any atom is 0.0183 e. The average Bonchev–Trinajstić information content (AvgIpc) is 2.63. The Kier molecular flexibility index (Phi) is 2.83. The number of benzene rings is 1. The number of rotatable bonds is 3.